The molecule has 0 aromatic heterocycles. The van der Waals surface area contributed by atoms with Crippen molar-refractivity contribution in [2.24, 2.45) is 10.9 Å². The van der Waals surface area contributed by atoms with Crippen molar-refractivity contribution < 1.29 is 14.2 Å². The van der Waals surface area contributed by atoms with Crippen LogP contribution in [0.25, 0.3) is 0 Å². The van der Waals surface area contributed by atoms with Gasteiger partial charge >= 0.3 is 0 Å². The summed E-state index contributed by atoms with van der Waals surface area (Å²) in [5, 5.41) is 6.95. The van der Waals surface area contributed by atoms with Crippen LogP contribution in [-0.2, 0) is 4.74 Å². The maximum atomic E-state index is 5.70. The van der Waals surface area contributed by atoms with Crippen LogP contribution in [0.2, 0.25) is 0 Å². The second-order valence-electron chi connectivity index (χ2n) is 7.78. The molecule has 1 aliphatic carbocycles. The maximum absolute atomic E-state index is 5.70. The van der Waals surface area contributed by atoms with Crippen molar-refractivity contribution in [2.45, 2.75) is 38.6 Å². The Morgan fingerprint density at radius 3 is 2.55 bits per heavy atom. The molecule has 1 unspecified atom stereocenters. The minimum absolute atomic E-state index is 0.358. The number of rotatable bonds is 11. The zero-order valence-electron chi connectivity index (χ0n) is 18.1. The van der Waals surface area contributed by atoms with Gasteiger partial charge in [-0.15, -0.1) is 0 Å². The van der Waals surface area contributed by atoms with Crippen LogP contribution in [0.4, 0.5) is 5.69 Å². The molecule has 29 heavy (non-hydrogen) atoms. The first-order valence-corrected chi connectivity index (χ1v) is 10.8. The summed E-state index contributed by atoms with van der Waals surface area (Å²) >= 11 is 0. The first-order chi connectivity index (χ1) is 14.2. The summed E-state index contributed by atoms with van der Waals surface area (Å²) in [5.74, 6) is 3.35. The Labute approximate surface area is 174 Å². The van der Waals surface area contributed by atoms with Crippen LogP contribution in [0.1, 0.15) is 32.6 Å². The SMILES string of the molecule is CCNC(=NCCCOCC1CC1)NC1CCN(c2cc(OC)cc(OC)c2)C1. The first-order valence-electron chi connectivity index (χ1n) is 10.8. The molecule has 1 aliphatic heterocycles. The van der Waals surface area contributed by atoms with Crippen LogP contribution in [-0.4, -0.2) is 65.6 Å². The van der Waals surface area contributed by atoms with E-state index in [0.717, 1.165) is 81.3 Å². The van der Waals surface area contributed by atoms with E-state index < -0.39 is 0 Å². The molecule has 7 nitrogen and oxygen atoms in total. The zero-order valence-corrected chi connectivity index (χ0v) is 18.1. The molecule has 2 N–H and O–H groups in total. The highest BCUT2D eigenvalue weighted by atomic mass is 16.5. The number of methoxy groups -OCH3 is 2. The third-order valence-corrected chi connectivity index (χ3v) is 5.34. The van der Waals surface area contributed by atoms with E-state index in [1.807, 2.05) is 6.07 Å². The topological polar surface area (TPSA) is 67.4 Å². The first kappa shape index (κ1) is 21.6. The highest BCUT2D eigenvalue weighted by Gasteiger charge is 2.24. The van der Waals surface area contributed by atoms with Crippen molar-refractivity contribution in [1.82, 2.24) is 10.6 Å². The van der Waals surface area contributed by atoms with Gasteiger partial charge in [0.25, 0.3) is 0 Å². The molecule has 1 saturated heterocycles. The van der Waals surface area contributed by atoms with Crippen LogP contribution in [0, 0.1) is 5.92 Å². The third kappa shape index (κ3) is 6.99. The number of nitrogens with zero attached hydrogens (tertiary/aromatic N) is 2. The normalized spacial score (nSPS) is 19.3. The number of aliphatic imine (C=N–C) groups is 1. The maximum Gasteiger partial charge on any atom is 0.191 e. The third-order valence-electron chi connectivity index (χ3n) is 5.34. The Bertz CT molecular complexity index is 641. The monoisotopic (exact) mass is 404 g/mol. The highest BCUT2D eigenvalue weighted by molar-refractivity contribution is 5.80. The van der Waals surface area contributed by atoms with Gasteiger partial charge in [0.2, 0.25) is 0 Å². The van der Waals surface area contributed by atoms with Gasteiger partial charge in [0.05, 0.1) is 14.2 Å². The van der Waals surface area contributed by atoms with Crippen LogP contribution in [0.5, 0.6) is 11.5 Å². The smallest absolute Gasteiger partial charge is 0.191 e. The number of guanidine groups is 1. The van der Waals surface area contributed by atoms with Crippen LogP contribution in [0.3, 0.4) is 0 Å². The number of ether oxygens (including phenoxy) is 3. The van der Waals surface area contributed by atoms with Gasteiger partial charge in [-0.25, -0.2) is 0 Å². The molecule has 1 heterocycles. The standard InChI is InChI=1S/C22H36N4O3/c1-4-23-22(24-9-5-11-29-16-17-6-7-17)25-18-8-10-26(15-18)19-12-20(27-2)14-21(13-19)28-3/h12-14,17-18H,4-11,15-16H2,1-3H3,(H2,23,24,25). The second kappa shape index (κ2) is 11.1. The fourth-order valence-corrected chi connectivity index (χ4v) is 3.49. The van der Waals surface area contributed by atoms with Crippen molar-refractivity contribution in [3.63, 3.8) is 0 Å². The highest BCUT2D eigenvalue weighted by Crippen LogP contribution is 2.30. The molecule has 1 aromatic carbocycles. The van der Waals surface area contributed by atoms with Crippen molar-refractivity contribution in [3.05, 3.63) is 18.2 Å². The predicted molar refractivity (Wildman–Crippen MR) is 117 cm³/mol. The fourth-order valence-electron chi connectivity index (χ4n) is 3.49. The Morgan fingerprint density at radius 2 is 1.90 bits per heavy atom. The molecule has 0 bridgehead atoms. The van der Waals surface area contributed by atoms with E-state index in [1.54, 1.807) is 14.2 Å². The van der Waals surface area contributed by atoms with Crippen molar-refractivity contribution in [3.8, 4) is 11.5 Å². The number of nitrogens with one attached hydrogen (secondary N) is 2. The largest absolute Gasteiger partial charge is 0.497 e. The van der Waals surface area contributed by atoms with Gasteiger partial charge in [0, 0.05) is 69.3 Å². The van der Waals surface area contributed by atoms with Crippen molar-refractivity contribution >= 4 is 11.6 Å². The molecule has 7 heteroatoms. The quantitative estimate of drug-likeness (QED) is 0.336. The second-order valence-corrected chi connectivity index (χ2v) is 7.78. The summed E-state index contributed by atoms with van der Waals surface area (Å²) in [4.78, 5) is 7.08. The summed E-state index contributed by atoms with van der Waals surface area (Å²) < 4.78 is 16.5. The summed E-state index contributed by atoms with van der Waals surface area (Å²) in [6, 6.07) is 6.38. The Balaban J connectivity index is 1.47. The molecule has 1 aromatic rings. The van der Waals surface area contributed by atoms with Gasteiger partial charge in [-0.05, 0) is 38.5 Å². The molecule has 1 saturated carbocycles. The van der Waals surface area contributed by atoms with E-state index >= 15 is 0 Å². The lowest BCUT2D eigenvalue weighted by molar-refractivity contribution is 0.123. The van der Waals surface area contributed by atoms with Crippen LogP contribution >= 0.6 is 0 Å². The fraction of sp³-hybridized carbons (Fsp3) is 0.682. The molecule has 1 atom stereocenters. The van der Waals surface area contributed by atoms with E-state index in [-0.39, 0.29) is 0 Å². The van der Waals surface area contributed by atoms with E-state index in [1.165, 1.54) is 12.8 Å². The summed E-state index contributed by atoms with van der Waals surface area (Å²) in [6.07, 6.45) is 4.71. The lowest BCUT2D eigenvalue weighted by atomic mass is 10.2. The Kier molecular flexibility index (Phi) is 8.28. The molecule has 2 aliphatic rings. The van der Waals surface area contributed by atoms with Crippen LogP contribution in [0.15, 0.2) is 23.2 Å². The number of benzene rings is 1. The van der Waals surface area contributed by atoms with Gasteiger partial charge in [-0.1, -0.05) is 0 Å². The molecular weight excluding hydrogens is 368 g/mol. The van der Waals surface area contributed by atoms with Gasteiger partial charge in [-0.3, -0.25) is 4.99 Å². The minimum Gasteiger partial charge on any atom is -0.497 e. The minimum atomic E-state index is 0.358. The predicted octanol–water partition coefficient (Wildman–Crippen LogP) is 2.65. The van der Waals surface area contributed by atoms with E-state index in [2.05, 4.69) is 34.6 Å². The average molecular weight is 405 g/mol. The van der Waals surface area contributed by atoms with Crippen molar-refractivity contribution in [2.75, 3.05) is 58.5 Å². The molecule has 3 rings (SSSR count). The lowest BCUT2D eigenvalue weighted by Gasteiger charge is -2.21. The zero-order chi connectivity index (χ0) is 20.5. The number of anilines is 1. The summed E-state index contributed by atoms with van der Waals surface area (Å²) in [7, 11) is 3.37. The molecule has 0 spiro atoms. The number of hydrogen-bond donors (Lipinski definition) is 2. The van der Waals surface area contributed by atoms with Gasteiger partial charge in [-0.2, -0.15) is 0 Å². The molecule has 2 fully saturated rings. The van der Waals surface area contributed by atoms with E-state index in [0.29, 0.717) is 6.04 Å². The Hall–Kier alpha value is -2.15. The Morgan fingerprint density at radius 1 is 1.14 bits per heavy atom. The molecule has 0 radical (unpaired) electrons. The summed E-state index contributed by atoms with van der Waals surface area (Å²) in [5.41, 5.74) is 1.13. The molecular formula is C22H36N4O3. The molecule has 0 amide bonds. The van der Waals surface area contributed by atoms with Crippen molar-refractivity contribution in [1.29, 1.82) is 0 Å². The van der Waals surface area contributed by atoms with Gasteiger partial charge < -0.3 is 29.7 Å². The molecule has 162 valence electrons. The average Bonchev–Trinajstić information content (AvgIpc) is 3.46. The van der Waals surface area contributed by atoms with Gasteiger partial charge in [0.1, 0.15) is 11.5 Å². The van der Waals surface area contributed by atoms with E-state index in [9.17, 15) is 0 Å². The van der Waals surface area contributed by atoms with Crippen LogP contribution < -0.4 is 25.0 Å². The summed E-state index contributed by atoms with van der Waals surface area (Å²) in [6.45, 7) is 7.37. The van der Waals surface area contributed by atoms with Gasteiger partial charge in [0.15, 0.2) is 5.96 Å². The lowest BCUT2D eigenvalue weighted by Crippen LogP contribution is -2.44. The van der Waals surface area contributed by atoms with E-state index in [4.69, 9.17) is 19.2 Å². The number of hydrogen-bond acceptors (Lipinski definition) is 5.